The molecule has 0 saturated carbocycles. The van der Waals surface area contributed by atoms with Crippen LogP contribution in [0.15, 0.2) is 58.6 Å². The Kier molecular flexibility index (Phi) is 6.88. The third-order valence-electron chi connectivity index (χ3n) is 4.96. The summed E-state index contributed by atoms with van der Waals surface area (Å²) in [4.78, 5) is 27.8. The minimum absolute atomic E-state index is 0.0180. The van der Waals surface area contributed by atoms with E-state index in [0.717, 1.165) is 14.7 Å². The Balaban J connectivity index is 1.63. The van der Waals surface area contributed by atoms with E-state index in [0.29, 0.717) is 0 Å². The van der Waals surface area contributed by atoms with Crippen LogP contribution in [0.4, 0.5) is 5.69 Å². The smallest absolute Gasteiger partial charge is 0.270 e. The molecule has 1 aromatic carbocycles. The number of nitro groups is 1. The fourth-order valence-electron chi connectivity index (χ4n) is 3.14. The predicted octanol–water partition coefficient (Wildman–Crippen LogP) is 0.143. The van der Waals surface area contributed by atoms with Crippen molar-refractivity contribution in [2.75, 3.05) is 39.8 Å². The van der Waals surface area contributed by atoms with Gasteiger partial charge in [0.15, 0.2) is 0 Å². The van der Waals surface area contributed by atoms with Crippen LogP contribution >= 0.6 is 0 Å². The van der Waals surface area contributed by atoms with Crippen molar-refractivity contribution in [3.05, 3.63) is 58.9 Å². The Morgan fingerprint density at radius 3 is 2.34 bits per heavy atom. The van der Waals surface area contributed by atoms with E-state index in [9.17, 15) is 31.7 Å². The maximum Gasteiger partial charge on any atom is 0.270 e. The predicted molar refractivity (Wildman–Crippen MR) is 112 cm³/mol. The average molecular weight is 484 g/mol. The summed E-state index contributed by atoms with van der Waals surface area (Å²) >= 11 is 0. The van der Waals surface area contributed by atoms with Gasteiger partial charge in [-0.3, -0.25) is 19.9 Å². The molecule has 14 heteroatoms. The van der Waals surface area contributed by atoms with Crippen LogP contribution in [0.5, 0.6) is 0 Å². The molecule has 1 aromatic heterocycles. The minimum atomic E-state index is -3.97. The summed E-state index contributed by atoms with van der Waals surface area (Å²) in [5.74, 6) is -0.465. The number of sulfonamides is 2. The lowest BCUT2D eigenvalue weighted by molar-refractivity contribution is -0.385. The van der Waals surface area contributed by atoms with E-state index in [1.807, 2.05) is 0 Å². The summed E-state index contributed by atoms with van der Waals surface area (Å²) in [6.45, 7) is -0.317. The maximum atomic E-state index is 12.8. The average Bonchev–Trinajstić information content (AvgIpc) is 2.79. The molecule has 0 spiro atoms. The second-order valence-electron chi connectivity index (χ2n) is 6.99. The highest BCUT2D eigenvalue weighted by Gasteiger charge is 2.32. The van der Waals surface area contributed by atoms with Crippen LogP contribution in [0.25, 0.3) is 0 Å². The lowest BCUT2D eigenvalue weighted by atomic mass is 10.3. The van der Waals surface area contributed by atoms with Crippen molar-refractivity contribution < 1.29 is 26.6 Å². The van der Waals surface area contributed by atoms with Crippen molar-refractivity contribution in [3.8, 4) is 0 Å². The molecular formula is C18H21N5O7S2. The number of nitrogens with zero attached hydrogens (tertiary/aromatic N) is 5. The van der Waals surface area contributed by atoms with Gasteiger partial charge in [-0.25, -0.2) is 16.8 Å². The van der Waals surface area contributed by atoms with Crippen LogP contribution < -0.4 is 0 Å². The zero-order valence-electron chi connectivity index (χ0n) is 17.1. The molecule has 0 atom stereocenters. The normalized spacial score (nSPS) is 15.6. The molecule has 2 aromatic rings. The molecule has 1 aliphatic heterocycles. The number of non-ortho nitro benzene ring substituents is 1. The zero-order valence-corrected chi connectivity index (χ0v) is 18.7. The van der Waals surface area contributed by atoms with Crippen molar-refractivity contribution in [1.29, 1.82) is 0 Å². The van der Waals surface area contributed by atoms with Crippen LogP contribution in [0, 0.1) is 10.1 Å². The van der Waals surface area contributed by atoms with Crippen molar-refractivity contribution in [1.82, 2.24) is 18.5 Å². The Morgan fingerprint density at radius 1 is 1.09 bits per heavy atom. The molecule has 0 unspecified atom stereocenters. The van der Waals surface area contributed by atoms with Crippen molar-refractivity contribution in [2.45, 2.75) is 9.79 Å². The molecule has 3 rings (SSSR count). The van der Waals surface area contributed by atoms with E-state index in [4.69, 9.17) is 0 Å². The van der Waals surface area contributed by atoms with Gasteiger partial charge in [0.05, 0.1) is 16.4 Å². The van der Waals surface area contributed by atoms with E-state index in [1.165, 1.54) is 54.7 Å². The first kappa shape index (κ1) is 23.7. The summed E-state index contributed by atoms with van der Waals surface area (Å²) in [7, 11) is -6.58. The summed E-state index contributed by atoms with van der Waals surface area (Å²) in [5.41, 5.74) is -0.335. The van der Waals surface area contributed by atoms with Crippen molar-refractivity contribution >= 4 is 31.6 Å². The second kappa shape index (κ2) is 9.28. The molecule has 32 heavy (non-hydrogen) atoms. The molecule has 12 nitrogen and oxygen atoms in total. The lowest BCUT2D eigenvalue weighted by Gasteiger charge is -2.34. The maximum absolute atomic E-state index is 12.8. The quantitative estimate of drug-likeness (QED) is 0.398. The number of aromatic nitrogens is 1. The molecule has 1 amide bonds. The number of hydrogen-bond donors (Lipinski definition) is 0. The van der Waals surface area contributed by atoms with Gasteiger partial charge in [-0.05, 0) is 18.2 Å². The Hall–Kier alpha value is -2.94. The number of piperazine rings is 1. The summed E-state index contributed by atoms with van der Waals surface area (Å²) in [5, 5.41) is 10.9. The largest absolute Gasteiger partial charge is 0.339 e. The number of hydrogen-bond acceptors (Lipinski definition) is 8. The fourth-order valence-corrected chi connectivity index (χ4v) is 5.69. The van der Waals surface area contributed by atoms with Crippen molar-refractivity contribution in [3.63, 3.8) is 0 Å². The van der Waals surface area contributed by atoms with E-state index in [1.54, 1.807) is 0 Å². The molecule has 0 aliphatic carbocycles. The molecule has 1 aliphatic rings. The molecule has 0 bridgehead atoms. The molecule has 172 valence electrons. The van der Waals surface area contributed by atoms with E-state index in [-0.39, 0.29) is 41.7 Å². The number of carbonyl (C=O) groups is 1. The van der Waals surface area contributed by atoms with Gasteiger partial charge in [-0.15, -0.1) is 0 Å². The first-order chi connectivity index (χ1) is 15.0. The second-order valence-corrected chi connectivity index (χ2v) is 11.0. The fraction of sp³-hybridized carbons (Fsp3) is 0.333. The van der Waals surface area contributed by atoms with Gasteiger partial charge in [0.25, 0.3) is 5.69 Å². The van der Waals surface area contributed by atoms with Crippen LogP contribution in [-0.4, -0.2) is 85.9 Å². The standard InChI is InChI=1S/C18H21N5O7S2/c1-20(31(27,28)17-6-3-7-19-13-17)14-18(24)21-8-10-22(11-9-21)32(29,30)16-5-2-4-15(12-16)23(25)26/h2-7,12-13H,8-11,14H2,1H3. The van der Waals surface area contributed by atoms with Crippen LogP contribution in [0.1, 0.15) is 0 Å². The van der Waals surface area contributed by atoms with Crippen molar-refractivity contribution in [2.24, 2.45) is 0 Å². The summed E-state index contributed by atoms with van der Waals surface area (Å²) in [6.07, 6.45) is 2.62. The van der Waals surface area contributed by atoms with E-state index in [2.05, 4.69) is 4.98 Å². The zero-order chi connectivity index (χ0) is 23.5. The molecule has 0 radical (unpaired) electrons. The van der Waals surface area contributed by atoms with Crippen LogP contribution in [0.3, 0.4) is 0 Å². The number of amides is 1. The molecule has 0 N–H and O–H groups in total. The van der Waals surface area contributed by atoms with Gasteiger partial charge in [0, 0.05) is 57.8 Å². The van der Waals surface area contributed by atoms with Gasteiger partial charge in [-0.2, -0.15) is 8.61 Å². The highest BCUT2D eigenvalue weighted by molar-refractivity contribution is 7.89. The monoisotopic (exact) mass is 483 g/mol. The number of nitro benzene ring substituents is 1. The topological polar surface area (TPSA) is 151 Å². The highest BCUT2D eigenvalue weighted by atomic mass is 32.2. The van der Waals surface area contributed by atoms with Gasteiger partial charge < -0.3 is 4.90 Å². The number of rotatable bonds is 7. The van der Waals surface area contributed by atoms with E-state index < -0.39 is 37.4 Å². The number of pyridine rings is 1. The first-order valence-corrected chi connectivity index (χ1v) is 12.3. The molecule has 1 fully saturated rings. The van der Waals surface area contributed by atoms with Crippen LogP contribution in [-0.2, 0) is 24.8 Å². The minimum Gasteiger partial charge on any atom is -0.339 e. The summed E-state index contributed by atoms with van der Waals surface area (Å²) in [6, 6.07) is 7.61. The number of benzene rings is 1. The highest BCUT2D eigenvalue weighted by Crippen LogP contribution is 2.22. The van der Waals surface area contributed by atoms with E-state index >= 15 is 0 Å². The third-order valence-corrected chi connectivity index (χ3v) is 8.64. The van der Waals surface area contributed by atoms with Gasteiger partial charge in [0.2, 0.25) is 26.0 Å². The number of likely N-dealkylation sites (N-methyl/N-ethyl adjacent to an activating group) is 1. The Labute approximate surface area is 185 Å². The number of carbonyl (C=O) groups excluding carboxylic acids is 1. The van der Waals surface area contributed by atoms with Crippen LogP contribution in [0.2, 0.25) is 0 Å². The Bertz CT molecular complexity index is 1210. The SMILES string of the molecule is CN(CC(=O)N1CCN(S(=O)(=O)c2cccc([N+](=O)[O-])c2)CC1)S(=O)(=O)c1cccnc1. The van der Waals surface area contributed by atoms with Gasteiger partial charge >= 0.3 is 0 Å². The Morgan fingerprint density at radius 2 is 1.75 bits per heavy atom. The molecule has 1 saturated heterocycles. The lowest BCUT2D eigenvalue weighted by Crippen LogP contribution is -2.52. The third kappa shape index (κ3) is 4.93. The summed E-state index contributed by atoms with van der Waals surface area (Å²) < 4.78 is 52.8. The van der Waals surface area contributed by atoms with Gasteiger partial charge in [-0.1, -0.05) is 6.07 Å². The first-order valence-electron chi connectivity index (χ1n) is 9.42. The molecule has 2 heterocycles. The molecular weight excluding hydrogens is 462 g/mol. The van der Waals surface area contributed by atoms with Gasteiger partial charge in [0.1, 0.15) is 4.90 Å².